The molecular weight excluding hydrogens is 194 g/mol. The van der Waals surface area contributed by atoms with E-state index in [1.165, 1.54) is 64.5 Å². The normalized spacial score (nSPS) is 19.5. The van der Waals surface area contributed by atoms with E-state index in [-0.39, 0.29) is 0 Å². The highest BCUT2D eigenvalue weighted by Gasteiger charge is 2.34. The molecule has 1 N–H and O–H groups in total. The van der Waals surface area contributed by atoms with Crippen molar-refractivity contribution in [3.05, 3.63) is 0 Å². The average molecular weight is 225 g/mol. The predicted octanol–water partition coefficient (Wildman–Crippen LogP) is 4.37. The molecule has 0 bridgehead atoms. The molecular formula is C15H31N. The summed E-state index contributed by atoms with van der Waals surface area (Å²) in [6.07, 6.45) is 11.3. The molecule has 0 unspecified atom stereocenters. The van der Waals surface area contributed by atoms with Crippen molar-refractivity contribution in [3.63, 3.8) is 0 Å². The van der Waals surface area contributed by atoms with E-state index in [4.69, 9.17) is 0 Å². The van der Waals surface area contributed by atoms with Crippen LogP contribution in [0.4, 0.5) is 0 Å². The first kappa shape index (κ1) is 14.0. The van der Waals surface area contributed by atoms with Crippen LogP contribution >= 0.6 is 0 Å². The number of hydrogen-bond donors (Lipinski definition) is 1. The molecule has 96 valence electrons. The monoisotopic (exact) mass is 225 g/mol. The van der Waals surface area contributed by atoms with Gasteiger partial charge in [-0.3, -0.25) is 0 Å². The van der Waals surface area contributed by atoms with Crippen LogP contribution < -0.4 is 5.32 Å². The minimum absolute atomic E-state index is 0.659. The van der Waals surface area contributed by atoms with Crippen LogP contribution in [0.15, 0.2) is 0 Å². The van der Waals surface area contributed by atoms with Gasteiger partial charge in [0.15, 0.2) is 0 Å². The molecule has 1 nitrogen and oxygen atoms in total. The quantitative estimate of drug-likeness (QED) is 0.605. The minimum atomic E-state index is 0.659. The van der Waals surface area contributed by atoms with Crippen LogP contribution in [-0.2, 0) is 0 Å². The Morgan fingerprint density at radius 2 is 1.69 bits per heavy atom. The Balaban J connectivity index is 2.44. The second-order valence-corrected chi connectivity index (χ2v) is 5.77. The summed E-state index contributed by atoms with van der Waals surface area (Å²) in [5.41, 5.74) is 0.659. The Morgan fingerprint density at radius 1 is 1.06 bits per heavy atom. The van der Waals surface area contributed by atoms with Gasteiger partial charge in [-0.25, -0.2) is 0 Å². The molecule has 1 rings (SSSR count). The van der Waals surface area contributed by atoms with Crippen molar-refractivity contribution in [3.8, 4) is 0 Å². The standard InChI is InChI=1S/C15H31N/c1-4-11-16-13-15(9-7-8-10-15)12-14(5-2)6-3/h14,16H,4-13H2,1-3H3. The van der Waals surface area contributed by atoms with E-state index in [1.807, 2.05) is 0 Å². The minimum Gasteiger partial charge on any atom is -0.316 e. The van der Waals surface area contributed by atoms with E-state index in [1.54, 1.807) is 0 Å². The number of rotatable bonds is 8. The summed E-state index contributed by atoms with van der Waals surface area (Å²) in [5.74, 6) is 0.960. The highest BCUT2D eigenvalue weighted by Crippen LogP contribution is 2.43. The number of nitrogens with one attached hydrogen (secondary N) is 1. The van der Waals surface area contributed by atoms with Crippen molar-refractivity contribution in [2.75, 3.05) is 13.1 Å². The van der Waals surface area contributed by atoms with Crippen molar-refractivity contribution in [1.82, 2.24) is 5.32 Å². The Labute approximate surface area is 102 Å². The molecule has 0 aromatic carbocycles. The SMILES string of the molecule is CCCNCC1(CC(CC)CC)CCCC1. The van der Waals surface area contributed by atoms with Crippen molar-refractivity contribution in [2.24, 2.45) is 11.3 Å². The topological polar surface area (TPSA) is 12.0 Å². The maximum Gasteiger partial charge on any atom is 0.000791 e. The van der Waals surface area contributed by atoms with Crippen LogP contribution in [0, 0.1) is 11.3 Å². The summed E-state index contributed by atoms with van der Waals surface area (Å²) < 4.78 is 0. The maximum atomic E-state index is 3.67. The van der Waals surface area contributed by atoms with Gasteiger partial charge in [-0.1, -0.05) is 46.5 Å². The maximum absolute atomic E-state index is 3.67. The van der Waals surface area contributed by atoms with Gasteiger partial charge in [0, 0.05) is 6.54 Å². The molecule has 16 heavy (non-hydrogen) atoms. The van der Waals surface area contributed by atoms with Crippen molar-refractivity contribution in [1.29, 1.82) is 0 Å². The van der Waals surface area contributed by atoms with E-state index in [0.29, 0.717) is 5.41 Å². The first-order valence-corrected chi connectivity index (χ1v) is 7.47. The van der Waals surface area contributed by atoms with Gasteiger partial charge >= 0.3 is 0 Å². The third-order valence-electron chi connectivity index (χ3n) is 4.47. The summed E-state index contributed by atoms with van der Waals surface area (Å²) in [7, 11) is 0. The molecule has 1 saturated carbocycles. The van der Waals surface area contributed by atoms with Crippen molar-refractivity contribution < 1.29 is 0 Å². The molecule has 1 heteroatoms. The molecule has 0 spiro atoms. The molecule has 0 aromatic rings. The van der Waals surface area contributed by atoms with Gasteiger partial charge in [-0.2, -0.15) is 0 Å². The lowest BCUT2D eigenvalue weighted by Crippen LogP contribution is -2.34. The molecule has 0 atom stereocenters. The molecule has 0 aromatic heterocycles. The van der Waals surface area contributed by atoms with Gasteiger partial charge in [0.2, 0.25) is 0 Å². The van der Waals surface area contributed by atoms with Crippen LogP contribution in [-0.4, -0.2) is 13.1 Å². The van der Waals surface area contributed by atoms with Crippen molar-refractivity contribution >= 4 is 0 Å². The van der Waals surface area contributed by atoms with E-state index >= 15 is 0 Å². The van der Waals surface area contributed by atoms with Gasteiger partial charge in [0.05, 0.1) is 0 Å². The van der Waals surface area contributed by atoms with Crippen LogP contribution in [0.3, 0.4) is 0 Å². The summed E-state index contributed by atoms with van der Waals surface area (Å²) in [5, 5.41) is 3.67. The zero-order valence-corrected chi connectivity index (χ0v) is 11.6. The lowest BCUT2D eigenvalue weighted by molar-refractivity contribution is 0.204. The zero-order valence-electron chi connectivity index (χ0n) is 11.6. The van der Waals surface area contributed by atoms with Crippen LogP contribution in [0.25, 0.3) is 0 Å². The van der Waals surface area contributed by atoms with Gasteiger partial charge in [0.25, 0.3) is 0 Å². The zero-order chi connectivity index (χ0) is 11.9. The summed E-state index contributed by atoms with van der Waals surface area (Å²) in [6, 6.07) is 0. The van der Waals surface area contributed by atoms with Gasteiger partial charge < -0.3 is 5.32 Å². The molecule has 1 aliphatic rings. The highest BCUT2D eigenvalue weighted by atomic mass is 14.9. The van der Waals surface area contributed by atoms with Crippen LogP contribution in [0.1, 0.15) is 72.1 Å². The average Bonchev–Trinajstić information content (AvgIpc) is 2.75. The van der Waals surface area contributed by atoms with Gasteiger partial charge in [0.1, 0.15) is 0 Å². The van der Waals surface area contributed by atoms with Gasteiger partial charge in [-0.15, -0.1) is 0 Å². The largest absolute Gasteiger partial charge is 0.316 e. The Bertz CT molecular complexity index is 166. The predicted molar refractivity (Wildman–Crippen MR) is 72.8 cm³/mol. The van der Waals surface area contributed by atoms with E-state index in [0.717, 1.165) is 5.92 Å². The molecule has 0 heterocycles. The van der Waals surface area contributed by atoms with E-state index < -0.39 is 0 Å². The molecule has 0 saturated heterocycles. The first-order valence-electron chi connectivity index (χ1n) is 7.47. The smallest absolute Gasteiger partial charge is 0.000791 e. The fourth-order valence-corrected chi connectivity index (χ4v) is 3.30. The Kier molecular flexibility index (Phi) is 6.41. The van der Waals surface area contributed by atoms with Crippen LogP contribution in [0.2, 0.25) is 0 Å². The summed E-state index contributed by atoms with van der Waals surface area (Å²) in [6.45, 7) is 9.45. The van der Waals surface area contributed by atoms with Crippen LogP contribution in [0.5, 0.6) is 0 Å². The molecule has 0 aliphatic heterocycles. The lowest BCUT2D eigenvalue weighted by Gasteiger charge is -2.33. The highest BCUT2D eigenvalue weighted by molar-refractivity contribution is 4.88. The van der Waals surface area contributed by atoms with Crippen molar-refractivity contribution in [2.45, 2.75) is 72.1 Å². The molecule has 0 radical (unpaired) electrons. The summed E-state index contributed by atoms with van der Waals surface area (Å²) in [4.78, 5) is 0. The molecule has 0 amide bonds. The van der Waals surface area contributed by atoms with E-state index in [9.17, 15) is 0 Å². The third-order valence-corrected chi connectivity index (χ3v) is 4.47. The summed E-state index contributed by atoms with van der Waals surface area (Å²) >= 11 is 0. The van der Waals surface area contributed by atoms with E-state index in [2.05, 4.69) is 26.1 Å². The lowest BCUT2D eigenvalue weighted by atomic mass is 9.76. The third kappa shape index (κ3) is 4.08. The molecule has 1 fully saturated rings. The first-order chi connectivity index (χ1) is 7.76. The number of hydrogen-bond acceptors (Lipinski definition) is 1. The Hall–Kier alpha value is -0.0400. The van der Waals surface area contributed by atoms with Gasteiger partial charge in [-0.05, 0) is 43.6 Å². The fourth-order valence-electron chi connectivity index (χ4n) is 3.30. The second kappa shape index (κ2) is 7.32. The Morgan fingerprint density at radius 3 is 2.19 bits per heavy atom. The fraction of sp³-hybridized carbons (Fsp3) is 1.00. The molecule has 1 aliphatic carbocycles. The second-order valence-electron chi connectivity index (χ2n) is 5.77.